The number of nitrogens with one attached hydrogen (secondary N) is 1. The van der Waals surface area contributed by atoms with Gasteiger partial charge in [-0.05, 0) is 43.5 Å². The summed E-state index contributed by atoms with van der Waals surface area (Å²) in [6.07, 6.45) is 4.81. The zero-order valence-corrected chi connectivity index (χ0v) is 16.7. The van der Waals surface area contributed by atoms with E-state index >= 15 is 0 Å². The predicted molar refractivity (Wildman–Crippen MR) is 110 cm³/mol. The molecule has 2 fully saturated rings. The van der Waals surface area contributed by atoms with Crippen LogP contribution in [0.15, 0.2) is 36.7 Å². The number of benzene rings is 1. The Labute approximate surface area is 177 Å². The lowest BCUT2D eigenvalue weighted by Gasteiger charge is -2.26. The van der Waals surface area contributed by atoms with E-state index in [9.17, 15) is 18.7 Å². The summed E-state index contributed by atoms with van der Waals surface area (Å²) in [5.41, 5.74) is 1.21. The molecule has 2 N–H and O–H groups in total. The van der Waals surface area contributed by atoms with Gasteiger partial charge in [-0.15, -0.1) is 0 Å². The average molecular weight is 428 g/mol. The number of halogens is 2. The maximum atomic E-state index is 14.4. The van der Waals surface area contributed by atoms with E-state index < -0.39 is 17.7 Å². The van der Waals surface area contributed by atoms with Gasteiger partial charge in [0.25, 0.3) is 0 Å². The van der Waals surface area contributed by atoms with Gasteiger partial charge in [0.05, 0.1) is 18.3 Å². The Hall–Kier alpha value is -3.27. The Morgan fingerprint density at radius 3 is 2.87 bits per heavy atom. The summed E-state index contributed by atoms with van der Waals surface area (Å²) in [6, 6.07) is 4.64. The molecule has 5 rings (SSSR count). The SMILES string of the molecule is O=C(Nc1cnn2ccc(N3CCC[C@H]3c3cc(F)ccc3F)nc12)N1CCC(O)C1. The summed E-state index contributed by atoms with van der Waals surface area (Å²) in [6.45, 7) is 1.43. The number of rotatable bonds is 3. The second kappa shape index (κ2) is 7.77. The summed E-state index contributed by atoms with van der Waals surface area (Å²) in [5, 5.41) is 16.7. The number of anilines is 2. The van der Waals surface area contributed by atoms with Crippen molar-refractivity contribution in [3.05, 3.63) is 53.9 Å². The van der Waals surface area contributed by atoms with Gasteiger partial charge in [-0.3, -0.25) is 0 Å². The first-order chi connectivity index (χ1) is 15.0. The second-order valence-electron chi connectivity index (χ2n) is 7.95. The monoisotopic (exact) mass is 428 g/mol. The largest absolute Gasteiger partial charge is 0.391 e. The first-order valence-corrected chi connectivity index (χ1v) is 10.3. The minimum Gasteiger partial charge on any atom is -0.391 e. The van der Waals surface area contributed by atoms with Crippen molar-refractivity contribution in [2.24, 2.45) is 0 Å². The molecule has 1 unspecified atom stereocenters. The van der Waals surface area contributed by atoms with Crippen molar-refractivity contribution in [3.8, 4) is 0 Å². The number of aliphatic hydroxyl groups excluding tert-OH is 1. The highest BCUT2D eigenvalue weighted by Gasteiger charge is 2.30. The molecule has 0 radical (unpaired) electrons. The smallest absolute Gasteiger partial charge is 0.322 e. The lowest BCUT2D eigenvalue weighted by Crippen LogP contribution is -2.33. The van der Waals surface area contributed by atoms with Gasteiger partial charge in [0.1, 0.15) is 23.1 Å². The van der Waals surface area contributed by atoms with Crippen molar-refractivity contribution >= 4 is 23.2 Å². The molecule has 0 aliphatic carbocycles. The van der Waals surface area contributed by atoms with Gasteiger partial charge in [0.2, 0.25) is 0 Å². The first-order valence-electron chi connectivity index (χ1n) is 10.3. The maximum Gasteiger partial charge on any atom is 0.322 e. The molecular weight excluding hydrogens is 406 g/mol. The second-order valence-corrected chi connectivity index (χ2v) is 7.95. The Morgan fingerprint density at radius 1 is 1.19 bits per heavy atom. The Bertz CT molecular complexity index is 1140. The van der Waals surface area contributed by atoms with E-state index in [1.807, 2.05) is 4.90 Å². The molecule has 162 valence electrons. The molecule has 2 atom stereocenters. The number of fused-ring (bicyclic) bond motifs is 1. The lowest BCUT2D eigenvalue weighted by atomic mass is 10.0. The van der Waals surface area contributed by atoms with Crippen LogP contribution in [0.4, 0.5) is 25.1 Å². The van der Waals surface area contributed by atoms with Gasteiger partial charge in [-0.2, -0.15) is 5.10 Å². The molecule has 31 heavy (non-hydrogen) atoms. The standard InChI is InChI=1S/C21H22F2N6O2/c22-13-3-4-16(23)15(10-13)18-2-1-7-28(18)19-6-9-29-20(26-19)17(11-24-29)25-21(31)27-8-5-14(30)12-27/h3-4,6,9-11,14,18,30H,1-2,5,7-8,12H2,(H,25,31)/t14?,18-/m0/s1. The lowest BCUT2D eigenvalue weighted by molar-refractivity contribution is 0.176. The number of β-amino-alcohol motifs (C(OH)–C–C–N with tert-alkyl or cyclic N) is 1. The van der Waals surface area contributed by atoms with E-state index in [1.165, 1.54) is 12.3 Å². The van der Waals surface area contributed by atoms with Gasteiger partial charge in [-0.1, -0.05) is 0 Å². The van der Waals surface area contributed by atoms with Crippen LogP contribution < -0.4 is 10.2 Å². The van der Waals surface area contributed by atoms with Crippen LogP contribution in [-0.2, 0) is 0 Å². The van der Waals surface area contributed by atoms with Crippen molar-refractivity contribution in [1.82, 2.24) is 19.5 Å². The van der Waals surface area contributed by atoms with Crippen LogP contribution in [0, 0.1) is 11.6 Å². The van der Waals surface area contributed by atoms with Crippen molar-refractivity contribution in [1.29, 1.82) is 0 Å². The molecule has 0 spiro atoms. The van der Waals surface area contributed by atoms with Gasteiger partial charge < -0.3 is 20.2 Å². The fraction of sp³-hybridized carbons (Fsp3) is 0.381. The fourth-order valence-corrected chi connectivity index (χ4v) is 4.36. The first kappa shape index (κ1) is 19.7. The molecule has 0 saturated carbocycles. The molecular formula is C21H22F2N6O2. The Kier molecular flexibility index (Phi) is 4.93. The van der Waals surface area contributed by atoms with Gasteiger partial charge in [0.15, 0.2) is 5.65 Å². The summed E-state index contributed by atoms with van der Waals surface area (Å²) in [4.78, 5) is 20.7. The van der Waals surface area contributed by atoms with Crippen LogP contribution >= 0.6 is 0 Å². The Balaban J connectivity index is 1.43. The number of urea groups is 1. The number of aromatic nitrogens is 3. The average Bonchev–Trinajstić information content (AvgIpc) is 3.49. The highest BCUT2D eigenvalue weighted by atomic mass is 19.1. The number of carbonyl (C=O) groups is 1. The van der Waals surface area contributed by atoms with Gasteiger partial charge in [0, 0.05) is 31.4 Å². The normalized spacial score (nSPS) is 21.3. The van der Waals surface area contributed by atoms with E-state index in [0.717, 1.165) is 18.6 Å². The van der Waals surface area contributed by atoms with Crippen molar-refractivity contribution in [3.63, 3.8) is 0 Å². The molecule has 2 saturated heterocycles. The van der Waals surface area contributed by atoms with Gasteiger partial charge >= 0.3 is 6.03 Å². The number of aliphatic hydroxyl groups is 1. The summed E-state index contributed by atoms with van der Waals surface area (Å²) in [7, 11) is 0. The number of nitrogens with zero attached hydrogens (tertiary/aromatic N) is 5. The van der Waals surface area contributed by atoms with Crippen LogP contribution in [0.5, 0.6) is 0 Å². The molecule has 3 aromatic rings. The van der Waals surface area contributed by atoms with E-state index in [4.69, 9.17) is 0 Å². The predicted octanol–water partition coefficient (Wildman–Crippen LogP) is 2.95. The highest BCUT2D eigenvalue weighted by Crippen LogP contribution is 2.37. The molecule has 0 bridgehead atoms. The minimum atomic E-state index is -0.505. The maximum absolute atomic E-state index is 14.4. The third kappa shape index (κ3) is 3.67. The molecule has 10 heteroatoms. The van der Waals surface area contributed by atoms with Crippen LogP contribution in [0.3, 0.4) is 0 Å². The molecule has 2 aliphatic heterocycles. The summed E-state index contributed by atoms with van der Waals surface area (Å²) >= 11 is 0. The third-order valence-corrected chi connectivity index (χ3v) is 5.91. The number of amides is 2. The van der Waals surface area contributed by atoms with Crippen molar-refractivity contribution in [2.75, 3.05) is 29.9 Å². The minimum absolute atomic E-state index is 0.290. The molecule has 1 aromatic carbocycles. The number of carbonyl (C=O) groups excluding carboxylic acids is 1. The third-order valence-electron chi connectivity index (χ3n) is 5.91. The van der Waals surface area contributed by atoms with Crippen LogP contribution in [0.2, 0.25) is 0 Å². The van der Waals surface area contributed by atoms with E-state index in [2.05, 4.69) is 15.4 Å². The topological polar surface area (TPSA) is 86.0 Å². The van der Waals surface area contributed by atoms with Crippen molar-refractivity contribution < 1.29 is 18.7 Å². The van der Waals surface area contributed by atoms with E-state index in [1.54, 1.807) is 21.7 Å². The van der Waals surface area contributed by atoms with Crippen molar-refractivity contribution in [2.45, 2.75) is 31.4 Å². The fourth-order valence-electron chi connectivity index (χ4n) is 4.36. The van der Waals surface area contributed by atoms with E-state index in [-0.39, 0.29) is 12.1 Å². The van der Waals surface area contributed by atoms with Crippen LogP contribution in [0.1, 0.15) is 30.9 Å². The van der Waals surface area contributed by atoms with E-state index in [0.29, 0.717) is 55.2 Å². The molecule has 2 aromatic heterocycles. The summed E-state index contributed by atoms with van der Waals surface area (Å²) < 4.78 is 29.7. The number of hydrogen-bond donors (Lipinski definition) is 2. The van der Waals surface area contributed by atoms with Gasteiger partial charge in [-0.25, -0.2) is 23.1 Å². The zero-order valence-electron chi connectivity index (χ0n) is 16.7. The highest BCUT2D eigenvalue weighted by molar-refractivity contribution is 5.93. The molecule has 2 aliphatic rings. The quantitative estimate of drug-likeness (QED) is 0.670. The molecule has 4 heterocycles. The molecule has 2 amide bonds. The number of likely N-dealkylation sites (tertiary alicyclic amines) is 1. The van der Waals surface area contributed by atoms with Crippen LogP contribution in [0.25, 0.3) is 5.65 Å². The number of hydrogen-bond acceptors (Lipinski definition) is 5. The molecule has 8 nitrogen and oxygen atoms in total. The van der Waals surface area contributed by atoms with Crippen LogP contribution in [-0.4, -0.2) is 56.4 Å². The Morgan fingerprint density at radius 2 is 2.06 bits per heavy atom. The summed E-state index contributed by atoms with van der Waals surface area (Å²) in [5.74, 6) is -0.310. The zero-order chi connectivity index (χ0) is 21.5.